The summed E-state index contributed by atoms with van der Waals surface area (Å²) in [4.78, 5) is 13.8. The van der Waals surface area contributed by atoms with Gasteiger partial charge >= 0.3 is 12.3 Å². The zero-order chi connectivity index (χ0) is 19.5. The summed E-state index contributed by atoms with van der Waals surface area (Å²) >= 11 is 0. The lowest BCUT2D eigenvalue weighted by Gasteiger charge is -2.35. The molecule has 0 aliphatic carbocycles. The van der Waals surface area contributed by atoms with Gasteiger partial charge in [0.15, 0.2) is 6.10 Å². The average molecular weight is 374 g/mol. The summed E-state index contributed by atoms with van der Waals surface area (Å²) in [6.45, 7) is 7.04. The van der Waals surface area contributed by atoms with Crippen molar-refractivity contribution in [1.29, 1.82) is 0 Å². The van der Waals surface area contributed by atoms with Crippen LogP contribution in [-0.2, 0) is 11.2 Å². The van der Waals surface area contributed by atoms with Crippen molar-refractivity contribution in [1.82, 2.24) is 10.2 Å². The minimum absolute atomic E-state index is 0.0188. The lowest BCUT2D eigenvalue weighted by Crippen LogP contribution is -2.54. The Labute approximate surface area is 151 Å². The summed E-state index contributed by atoms with van der Waals surface area (Å²) < 4.78 is 43.0. The van der Waals surface area contributed by atoms with Gasteiger partial charge in [-0.1, -0.05) is 24.3 Å². The van der Waals surface area contributed by atoms with Crippen LogP contribution in [0, 0.1) is 0 Å². The molecule has 8 heteroatoms. The zero-order valence-electron chi connectivity index (χ0n) is 15.1. The number of rotatable bonds is 3. The standard InChI is InChI=1S/C18H25F3N2O3/c1-17(2,3)26-16(25)23-9-8-22-14(11-23)10-12-4-6-13(7-5-12)15(24)18(19,20)21/h4-7,14-15,22,24H,8-11H2,1-3H3. The minimum atomic E-state index is -4.68. The number of alkyl halides is 3. The van der Waals surface area contributed by atoms with Gasteiger partial charge in [-0.05, 0) is 38.3 Å². The van der Waals surface area contributed by atoms with Crippen LogP contribution in [0.1, 0.15) is 38.0 Å². The molecule has 1 aliphatic heterocycles. The van der Waals surface area contributed by atoms with Crippen molar-refractivity contribution < 1.29 is 27.8 Å². The van der Waals surface area contributed by atoms with Gasteiger partial charge in [0.05, 0.1) is 0 Å². The molecule has 2 rings (SSSR count). The molecule has 2 atom stereocenters. The molecule has 26 heavy (non-hydrogen) atoms. The van der Waals surface area contributed by atoms with E-state index in [9.17, 15) is 23.1 Å². The third kappa shape index (κ3) is 5.88. The van der Waals surface area contributed by atoms with Gasteiger partial charge in [-0.2, -0.15) is 13.2 Å². The minimum Gasteiger partial charge on any atom is -0.444 e. The molecule has 2 unspecified atom stereocenters. The summed E-state index contributed by atoms with van der Waals surface area (Å²) in [6.07, 6.45) is -6.97. The number of hydrogen-bond acceptors (Lipinski definition) is 4. The van der Waals surface area contributed by atoms with Crippen molar-refractivity contribution in [2.45, 2.75) is 51.1 Å². The molecular formula is C18H25F3N2O3. The van der Waals surface area contributed by atoms with Crippen molar-refractivity contribution >= 4 is 6.09 Å². The number of amides is 1. The second kappa shape index (κ2) is 7.84. The molecule has 0 aromatic heterocycles. The maximum atomic E-state index is 12.5. The molecule has 0 bridgehead atoms. The number of ether oxygens (including phenoxy) is 1. The molecule has 1 heterocycles. The Morgan fingerprint density at radius 3 is 2.46 bits per heavy atom. The van der Waals surface area contributed by atoms with Gasteiger partial charge in [-0.15, -0.1) is 0 Å². The van der Waals surface area contributed by atoms with Crippen molar-refractivity contribution in [2.75, 3.05) is 19.6 Å². The Kier molecular flexibility index (Phi) is 6.18. The summed E-state index contributed by atoms with van der Waals surface area (Å²) in [6, 6.07) is 5.68. The number of nitrogens with zero attached hydrogens (tertiary/aromatic N) is 1. The van der Waals surface area contributed by atoms with Crippen LogP contribution in [0.4, 0.5) is 18.0 Å². The fourth-order valence-electron chi connectivity index (χ4n) is 2.76. The van der Waals surface area contributed by atoms with E-state index in [0.29, 0.717) is 26.1 Å². The normalized spacial score (nSPS) is 20.0. The highest BCUT2D eigenvalue weighted by molar-refractivity contribution is 5.68. The Morgan fingerprint density at radius 2 is 1.92 bits per heavy atom. The first-order valence-electron chi connectivity index (χ1n) is 8.50. The van der Waals surface area contributed by atoms with Gasteiger partial charge in [0.25, 0.3) is 0 Å². The van der Waals surface area contributed by atoms with Gasteiger partial charge < -0.3 is 20.1 Å². The molecule has 0 saturated carbocycles. The average Bonchev–Trinajstić information content (AvgIpc) is 2.53. The van der Waals surface area contributed by atoms with E-state index in [4.69, 9.17) is 4.74 Å². The fourth-order valence-corrected chi connectivity index (χ4v) is 2.76. The molecule has 1 fully saturated rings. The lowest BCUT2D eigenvalue weighted by molar-refractivity contribution is -0.206. The molecule has 1 saturated heterocycles. The highest BCUT2D eigenvalue weighted by Gasteiger charge is 2.39. The number of piperazine rings is 1. The van der Waals surface area contributed by atoms with Crippen molar-refractivity contribution in [2.24, 2.45) is 0 Å². The Bertz CT molecular complexity index is 612. The van der Waals surface area contributed by atoms with Crippen molar-refractivity contribution in [3.05, 3.63) is 35.4 Å². The van der Waals surface area contributed by atoms with E-state index < -0.39 is 17.9 Å². The maximum absolute atomic E-state index is 12.5. The number of carbonyl (C=O) groups is 1. The topological polar surface area (TPSA) is 61.8 Å². The van der Waals surface area contributed by atoms with Crippen LogP contribution >= 0.6 is 0 Å². The Hall–Kier alpha value is -1.80. The van der Waals surface area contributed by atoms with Gasteiger partial charge in [0.2, 0.25) is 0 Å². The van der Waals surface area contributed by atoms with E-state index >= 15 is 0 Å². The highest BCUT2D eigenvalue weighted by atomic mass is 19.4. The van der Waals surface area contributed by atoms with E-state index in [-0.39, 0.29) is 17.7 Å². The van der Waals surface area contributed by atoms with Crippen molar-refractivity contribution in [3.63, 3.8) is 0 Å². The Morgan fingerprint density at radius 1 is 1.31 bits per heavy atom. The van der Waals surface area contributed by atoms with Crippen LogP contribution < -0.4 is 5.32 Å². The lowest BCUT2D eigenvalue weighted by atomic mass is 10.0. The first kappa shape index (κ1) is 20.5. The van der Waals surface area contributed by atoms with Crippen LogP contribution in [0.2, 0.25) is 0 Å². The third-order valence-corrected chi connectivity index (χ3v) is 3.99. The molecule has 146 valence electrons. The number of nitrogens with one attached hydrogen (secondary N) is 1. The zero-order valence-corrected chi connectivity index (χ0v) is 15.1. The smallest absolute Gasteiger partial charge is 0.418 e. The third-order valence-electron chi connectivity index (χ3n) is 3.99. The van der Waals surface area contributed by atoms with Gasteiger partial charge in [0.1, 0.15) is 5.60 Å². The molecule has 5 nitrogen and oxygen atoms in total. The number of aliphatic hydroxyl groups is 1. The van der Waals surface area contributed by atoms with Gasteiger partial charge in [-0.25, -0.2) is 4.79 Å². The van der Waals surface area contributed by atoms with E-state index in [1.165, 1.54) is 12.1 Å². The first-order chi connectivity index (χ1) is 12.0. The van der Waals surface area contributed by atoms with Crippen LogP contribution in [0.15, 0.2) is 24.3 Å². The predicted octanol–water partition coefficient (Wildman–Crippen LogP) is 3.03. The van der Waals surface area contributed by atoms with E-state index in [1.807, 2.05) is 20.8 Å². The first-order valence-corrected chi connectivity index (χ1v) is 8.50. The highest BCUT2D eigenvalue weighted by Crippen LogP contribution is 2.32. The van der Waals surface area contributed by atoms with Crippen LogP contribution in [0.25, 0.3) is 0 Å². The van der Waals surface area contributed by atoms with Gasteiger partial charge in [-0.3, -0.25) is 0 Å². The number of carbonyl (C=O) groups excluding carboxylic acids is 1. The molecule has 0 radical (unpaired) electrons. The number of halogens is 3. The largest absolute Gasteiger partial charge is 0.444 e. The summed E-state index contributed by atoms with van der Waals surface area (Å²) in [5.41, 5.74) is 0.0759. The second-order valence-electron chi connectivity index (χ2n) is 7.47. The monoisotopic (exact) mass is 374 g/mol. The van der Waals surface area contributed by atoms with Crippen LogP contribution in [0.3, 0.4) is 0 Å². The molecule has 2 N–H and O–H groups in total. The van der Waals surface area contributed by atoms with Crippen molar-refractivity contribution in [3.8, 4) is 0 Å². The second-order valence-corrected chi connectivity index (χ2v) is 7.47. The molecule has 1 aromatic carbocycles. The molecule has 1 aliphatic rings. The molecule has 1 aromatic rings. The van der Waals surface area contributed by atoms with E-state index in [1.54, 1.807) is 17.0 Å². The summed E-state index contributed by atoms with van der Waals surface area (Å²) in [7, 11) is 0. The predicted molar refractivity (Wildman–Crippen MR) is 90.8 cm³/mol. The quantitative estimate of drug-likeness (QED) is 0.854. The Balaban J connectivity index is 1.95. The van der Waals surface area contributed by atoms with Crippen LogP contribution in [0.5, 0.6) is 0 Å². The number of benzene rings is 1. The van der Waals surface area contributed by atoms with Gasteiger partial charge in [0, 0.05) is 25.7 Å². The van der Waals surface area contributed by atoms with E-state index in [0.717, 1.165) is 5.56 Å². The maximum Gasteiger partial charge on any atom is 0.418 e. The molecule has 1 amide bonds. The SMILES string of the molecule is CC(C)(C)OC(=O)N1CCNC(Cc2ccc(C(O)C(F)(F)F)cc2)C1. The van der Waals surface area contributed by atoms with Crippen LogP contribution in [-0.4, -0.2) is 53.6 Å². The number of hydrogen-bond donors (Lipinski definition) is 2. The summed E-state index contributed by atoms with van der Waals surface area (Å²) in [5, 5.41) is 12.6. The van der Waals surface area contributed by atoms with E-state index in [2.05, 4.69) is 5.32 Å². The number of aliphatic hydroxyl groups excluding tert-OH is 1. The fraction of sp³-hybridized carbons (Fsp3) is 0.611. The molecule has 0 spiro atoms. The molecular weight excluding hydrogens is 349 g/mol. The summed E-state index contributed by atoms with van der Waals surface area (Å²) in [5.74, 6) is 0.